The van der Waals surface area contributed by atoms with Crippen LogP contribution in [0.1, 0.15) is 65.3 Å². The van der Waals surface area contributed by atoms with Gasteiger partial charge in [-0.05, 0) is 79.9 Å². The first-order chi connectivity index (χ1) is 26.3. The maximum Gasteiger partial charge on any atom is 0.419 e. The first kappa shape index (κ1) is 47.8. The van der Waals surface area contributed by atoms with Crippen LogP contribution in [0.5, 0.6) is 0 Å². The monoisotopic (exact) mass is 847 g/mol. The van der Waals surface area contributed by atoms with Gasteiger partial charge in [-0.3, -0.25) is 0 Å². The van der Waals surface area contributed by atoms with Gasteiger partial charge in [0.15, 0.2) is 0 Å². The fraction of sp³-hybridized carbons (Fsp3) is 0.270. The third-order valence-electron chi connectivity index (χ3n) is 7.12. The minimum absolute atomic E-state index is 0.0449. The first-order valence-corrected chi connectivity index (χ1v) is 16.1. The van der Waals surface area contributed by atoms with Crippen molar-refractivity contribution in [3.63, 3.8) is 0 Å². The van der Waals surface area contributed by atoms with Gasteiger partial charge >= 0.3 is 24.7 Å². The summed E-state index contributed by atoms with van der Waals surface area (Å²) in [5, 5.41) is 10.3. The first-order valence-electron chi connectivity index (χ1n) is 15.7. The standard InChI is InChI=1S/C17H13F6NO.C10H9ClF3NO.C10H9F4NO/c1-11(24-25-10-12-5-3-2-4-6-12)13-7-14(16(18,19)20)9-15(8-13)17(21,22)23;2*1-6(15-16-2)7-3-4-9(11)8(5-7)10(12,13)14/h2-9H,10H2,1H3;2*3-5H,1-2H3. The Labute approximate surface area is 322 Å². The molecule has 0 saturated carbocycles. The Balaban J connectivity index is 0.000000308. The minimum atomic E-state index is -4.90. The van der Waals surface area contributed by atoms with E-state index in [1.807, 2.05) is 0 Å². The van der Waals surface area contributed by atoms with Gasteiger partial charge in [-0.15, -0.1) is 0 Å². The molecule has 0 radical (unpaired) electrons. The number of alkyl halides is 12. The molecule has 310 valence electrons. The highest BCUT2D eigenvalue weighted by Crippen LogP contribution is 2.37. The van der Waals surface area contributed by atoms with Gasteiger partial charge in [0.2, 0.25) is 0 Å². The molecule has 0 heterocycles. The predicted octanol–water partition coefficient (Wildman–Crippen LogP) is 12.6. The molecular weight excluding hydrogens is 817 g/mol. The predicted molar refractivity (Wildman–Crippen MR) is 186 cm³/mol. The van der Waals surface area contributed by atoms with Crippen molar-refractivity contribution >= 4 is 28.7 Å². The van der Waals surface area contributed by atoms with E-state index in [2.05, 4.69) is 25.1 Å². The maximum absolute atomic E-state index is 12.9. The summed E-state index contributed by atoms with van der Waals surface area (Å²) in [6, 6.07) is 16.4. The lowest BCUT2D eigenvalue weighted by atomic mass is 10.0. The van der Waals surface area contributed by atoms with Gasteiger partial charge in [0, 0.05) is 5.56 Å². The van der Waals surface area contributed by atoms with Gasteiger partial charge in [0.25, 0.3) is 0 Å². The molecule has 0 aliphatic rings. The molecule has 4 aromatic rings. The van der Waals surface area contributed by atoms with Gasteiger partial charge in [-0.2, -0.15) is 52.7 Å². The van der Waals surface area contributed by atoms with Gasteiger partial charge in [-0.25, -0.2) is 4.39 Å². The molecule has 0 fully saturated rings. The van der Waals surface area contributed by atoms with Crippen molar-refractivity contribution in [2.75, 3.05) is 14.2 Å². The zero-order valence-electron chi connectivity index (χ0n) is 30.1. The Kier molecular flexibility index (Phi) is 16.9. The molecule has 6 nitrogen and oxygen atoms in total. The number of hydrogen-bond donors (Lipinski definition) is 0. The molecule has 0 saturated heterocycles. The number of hydrogen-bond acceptors (Lipinski definition) is 6. The Morgan fingerprint density at radius 1 is 0.526 bits per heavy atom. The zero-order valence-corrected chi connectivity index (χ0v) is 30.9. The Morgan fingerprint density at radius 3 is 1.40 bits per heavy atom. The summed E-state index contributed by atoms with van der Waals surface area (Å²) in [4.78, 5) is 13.9. The molecule has 0 bridgehead atoms. The largest absolute Gasteiger partial charge is 0.419 e. The smallest absolute Gasteiger partial charge is 0.399 e. The summed E-state index contributed by atoms with van der Waals surface area (Å²) in [5.41, 5.74) is -3.54. The highest BCUT2D eigenvalue weighted by Gasteiger charge is 2.37. The van der Waals surface area contributed by atoms with E-state index in [1.54, 1.807) is 37.3 Å². The van der Waals surface area contributed by atoms with E-state index in [0.29, 0.717) is 29.5 Å². The number of nitrogens with zero attached hydrogens (tertiary/aromatic N) is 3. The molecule has 0 unspecified atom stereocenters. The molecule has 0 aliphatic heterocycles. The topological polar surface area (TPSA) is 64.8 Å². The van der Waals surface area contributed by atoms with E-state index >= 15 is 0 Å². The SMILES string of the molecule is CC(=NOCc1ccccc1)c1cc(C(F)(F)F)cc(C(F)(F)F)c1.CON=C(C)c1ccc(Cl)c(C(F)(F)F)c1.CON=C(C)c1ccc(F)c(C(F)(F)F)c1. The van der Waals surface area contributed by atoms with Crippen LogP contribution in [0.3, 0.4) is 0 Å². The van der Waals surface area contributed by atoms with Crippen molar-refractivity contribution in [2.24, 2.45) is 15.5 Å². The third kappa shape index (κ3) is 15.3. The van der Waals surface area contributed by atoms with Gasteiger partial charge in [-0.1, -0.05) is 69.5 Å². The number of benzene rings is 4. The van der Waals surface area contributed by atoms with Gasteiger partial charge in [0.1, 0.15) is 26.6 Å². The van der Waals surface area contributed by atoms with E-state index < -0.39 is 52.8 Å². The van der Waals surface area contributed by atoms with E-state index in [-0.39, 0.29) is 40.2 Å². The van der Waals surface area contributed by atoms with Crippen molar-refractivity contribution in [1.29, 1.82) is 0 Å². The molecule has 57 heavy (non-hydrogen) atoms. The molecule has 0 amide bonds. The molecule has 0 aliphatic carbocycles. The second kappa shape index (κ2) is 20.2. The Bertz CT molecular complexity index is 1910. The Hall–Kier alpha value is -5.33. The van der Waals surface area contributed by atoms with E-state index in [9.17, 15) is 57.1 Å². The third-order valence-corrected chi connectivity index (χ3v) is 7.45. The second-order valence-electron chi connectivity index (χ2n) is 11.3. The lowest BCUT2D eigenvalue weighted by Gasteiger charge is -2.14. The molecule has 0 aromatic heterocycles. The molecule has 20 heteroatoms. The number of oxime groups is 3. The van der Waals surface area contributed by atoms with Crippen molar-refractivity contribution in [3.05, 3.63) is 140 Å². The minimum Gasteiger partial charge on any atom is -0.399 e. The van der Waals surface area contributed by atoms with Crippen molar-refractivity contribution in [2.45, 2.75) is 52.1 Å². The Morgan fingerprint density at radius 2 is 0.965 bits per heavy atom. The number of halogens is 14. The quantitative estimate of drug-likeness (QED) is 0.101. The maximum atomic E-state index is 12.9. The van der Waals surface area contributed by atoms with Crippen molar-refractivity contribution in [1.82, 2.24) is 0 Å². The lowest BCUT2D eigenvalue weighted by Crippen LogP contribution is -2.13. The van der Waals surface area contributed by atoms with Gasteiger partial charge in [0.05, 0.1) is 44.4 Å². The molecular formula is C37H31ClF13N3O3. The fourth-order valence-corrected chi connectivity index (χ4v) is 4.53. The fourth-order valence-electron chi connectivity index (χ4n) is 4.31. The highest BCUT2D eigenvalue weighted by molar-refractivity contribution is 6.31. The average molecular weight is 848 g/mol. The van der Waals surface area contributed by atoms with Crippen molar-refractivity contribution < 1.29 is 71.6 Å². The summed E-state index contributed by atoms with van der Waals surface area (Å²) in [6.45, 7) is 4.34. The normalized spacial score (nSPS) is 12.9. The van der Waals surface area contributed by atoms with E-state index in [0.717, 1.165) is 17.7 Å². The van der Waals surface area contributed by atoms with E-state index in [4.69, 9.17) is 16.4 Å². The van der Waals surface area contributed by atoms with Crippen LogP contribution in [0.15, 0.2) is 100 Å². The molecule has 4 rings (SSSR count). The summed E-state index contributed by atoms with van der Waals surface area (Å²) >= 11 is 5.47. The molecule has 0 spiro atoms. The van der Waals surface area contributed by atoms with Crippen LogP contribution >= 0.6 is 11.6 Å². The van der Waals surface area contributed by atoms with Crippen LogP contribution in [0.2, 0.25) is 5.02 Å². The van der Waals surface area contributed by atoms with Crippen LogP contribution in [-0.4, -0.2) is 31.4 Å². The van der Waals surface area contributed by atoms with Crippen LogP contribution in [0, 0.1) is 5.82 Å². The van der Waals surface area contributed by atoms with Crippen LogP contribution < -0.4 is 0 Å². The summed E-state index contributed by atoms with van der Waals surface area (Å²) < 4.78 is 165. The average Bonchev–Trinajstić information content (AvgIpc) is 3.11. The molecule has 4 aromatic carbocycles. The summed E-state index contributed by atoms with van der Waals surface area (Å²) in [7, 11) is 2.60. The van der Waals surface area contributed by atoms with Gasteiger partial charge < -0.3 is 14.5 Å². The highest BCUT2D eigenvalue weighted by atomic mass is 35.5. The molecule has 0 N–H and O–H groups in total. The lowest BCUT2D eigenvalue weighted by molar-refractivity contribution is -0.143. The molecule has 0 atom stereocenters. The zero-order chi connectivity index (χ0) is 43.4. The van der Waals surface area contributed by atoms with E-state index in [1.165, 1.54) is 46.3 Å². The summed E-state index contributed by atoms with van der Waals surface area (Å²) in [5.74, 6) is -1.30. The van der Waals surface area contributed by atoms with Crippen LogP contribution in [0.25, 0.3) is 0 Å². The van der Waals surface area contributed by atoms with Crippen molar-refractivity contribution in [3.8, 4) is 0 Å². The van der Waals surface area contributed by atoms with Crippen LogP contribution in [-0.2, 0) is 45.8 Å². The summed E-state index contributed by atoms with van der Waals surface area (Å²) in [6.07, 6.45) is -19.0. The number of rotatable bonds is 8. The second-order valence-corrected chi connectivity index (χ2v) is 11.7. The van der Waals surface area contributed by atoms with Crippen LogP contribution in [0.4, 0.5) is 57.1 Å².